The van der Waals surface area contributed by atoms with Crippen LogP contribution in [0.4, 0.5) is 0 Å². The number of hydrogen-bond acceptors (Lipinski definition) is 8. The molecular formula is C34H51N5O6S. The summed E-state index contributed by atoms with van der Waals surface area (Å²) in [5.41, 5.74) is 1.05. The molecule has 1 aromatic heterocycles. The summed E-state index contributed by atoms with van der Waals surface area (Å²) in [6.45, 7) is 9.10. The second kappa shape index (κ2) is 13.5. The number of hydrogen-bond donors (Lipinski definition) is 2. The molecule has 11 nitrogen and oxygen atoms in total. The molecule has 5 atom stereocenters. The largest absolute Gasteiger partial charge is 0.396 e. The van der Waals surface area contributed by atoms with Gasteiger partial charge in [0.2, 0.25) is 17.7 Å². The van der Waals surface area contributed by atoms with Crippen molar-refractivity contribution in [3.63, 3.8) is 0 Å². The number of aliphatic hydroxyl groups is 1. The number of aliphatic hydroxyl groups excluding tert-OH is 1. The fraction of sp³-hybridized carbons (Fsp3) is 0.794. The van der Waals surface area contributed by atoms with Crippen LogP contribution in [0.2, 0.25) is 0 Å². The summed E-state index contributed by atoms with van der Waals surface area (Å²) in [7, 11) is 0. The molecule has 5 aliphatic rings. The van der Waals surface area contributed by atoms with Crippen LogP contribution in [0.5, 0.6) is 0 Å². The van der Waals surface area contributed by atoms with Crippen molar-refractivity contribution in [3.8, 4) is 0 Å². The molecule has 4 heterocycles. The predicted molar refractivity (Wildman–Crippen MR) is 173 cm³/mol. The van der Waals surface area contributed by atoms with Gasteiger partial charge in [0.25, 0.3) is 5.91 Å². The minimum atomic E-state index is -0.887. The zero-order valence-electron chi connectivity index (χ0n) is 27.6. The lowest BCUT2D eigenvalue weighted by Gasteiger charge is -2.50. The quantitative estimate of drug-likeness (QED) is 0.396. The van der Waals surface area contributed by atoms with E-state index in [0.717, 1.165) is 32.1 Å². The fourth-order valence-electron chi connectivity index (χ4n) is 8.24. The van der Waals surface area contributed by atoms with Gasteiger partial charge in [-0.15, -0.1) is 11.3 Å². The average molecular weight is 658 g/mol. The van der Waals surface area contributed by atoms with Gasteiger partial charge in [0.05, 0.1) is 23.7 Å². The monoisotopic (exact) mass is 657 g/mol. The van der Waals surface area contributed by atoms with Crippen LogP contribution in [0.15, 0.2) is 11.7 Å². The first-order valence-corrected chi connectivity index (χ1v) is 18.2. The molecule has 46 heavy (non-hydrogen) atoms. The highest BCUT2D eigenvalue weighted by atomic mass is 32.1. The van der Waals surface area contributed by atoms with Crippen molar-refractivity contribution < 1.29 is 29.0 Å². The molecule has 12 heteroatoms. The maximum atomic E-state index is 14.3. The number of ether oxygens (including phenoxy) is 1. The normalized spacial score (nSPS) is 28.4. The van der Waals surface area contributed by atoms with Crippen LogP contribution in [0, 0.1) is 34.5 Å². The van der Waals surface area contributed by atoms with Gasteiger partial charge in [0, 0.05) is 63.8 Å². The van der Waals surface area contributed by atoms with E-state index in [0.29, 0.717) is 50.1 Å². The number of rotatable bonds is 10. The van der Waals surface area contributed by atoms with E-state index in [4.69, 9.17) is 4.74 Å². The van der Waals surface area contributed by atoms with Crippen LogP contribution in [0.25, 0.3) is 0 Å². The molecule has 6 rings (SSSR count). The van der Waals surface area contributed by atoms with Gasteiger partial charge in [-0.2, -0.15) is 0 Å². The summed E-state index contributed by atoms with van der Waals surface area (Å²) < 4.78 is 6.34. The van der Waals surface area contributed by atoms with E-state index in [1.54, 1.807) is 21.5 Å². The Balaban J connectivity index is 1.19. The number of likely N-dealkylation sites (tertiary alicyclic amines) is 3. The SMILES string of the molecule is C[C@@H](OCC1CCCCC1)[C@H](NC(=O)C1CN(C(=O)c2cncs2)CC12CN(C(=O)[C@H]1CC1(C)C)C2)C(=O)N1CCC[C@@H](CO)C1. The van der Waals surface area contributed by atoms with Gasteiger partial charge >= 0.3 is 0 Å². The van der Waals surface area contributed by atoms with Crippen molar-refractivity contribution in [2.24, 2.45) is 34.5 Å². The van der Waals surface area contributed by atoms with Gasteiger partial charge in [-0.05, 0) is 56.3 Å². The number of carbonyl (C=O) groups is 4. The highest BCUT2D eigenvalue weighted by Crippen LogP contribution is 2.54. The molecule has 1 aromatic rings. The summed E-state index contributed by atoms with van der Waals surface area (Å²) in [6.07, 6.45) is 9.40. The number of nitrogens with one attached hydrogen (secondary N) is 1. The topological polar surface area (TPSA) is 132 Å². The van der Waals surface area contributed by atoms with Gasteiger partial charge in [-0.3, -0.25) is 24.2 Å². The lowest BCUT2D eigenvalue weighted by Crippen LogP contribution is -2.65. The standard InChI is InChI=1S/C34H51N5O6S/c1-22(45-17-23-8-5-4-6-9-23)28(32(44)37-11-7-10-24(14-37)16-40)36-29(41)26-15-38(31(43)27-13-35-21-46-27)18-34(26)19-39(20-34)30(42)25-12-33(25,2)3/h13,21-26,28,40H,4-12,14-20H2,1-3H3,(H,36,41)/t22-,24-,25-,26?,28+/m1/s1. The second-order valence-electron chi connectivity index (χ2n) is 15.4. The van der Waals surface area contributed by atoms with Crippen LogP contribution in [0.3, 0.4) is 0 Å². The molecule has 5 fully saturated rings. The van der Waals surface area contributed by atoms with Gasteiger partial charge in [-0.25, -0.2) is 0 Å². The number of carbonyl (C=O) groups excluding carboxylic acids is 4. The third-order valence-corrected chi connectivity index (χ3v) is 12.2. The Morgan fingerprint density at radius 3 is 2.35 bits per heavy atom. The van der Waals surface area contributed by atoms with Crippen LogP contribution >= 0.6 is 11.3 Å². The summed E-state index contributed by atoms with van der Waals surface area (Å²) in [5.74, 6) is -0.594. The van der Waals surface area contributed by atoms with E-state index in [1.807, 2.05) is 11.8 Å². The Kier molecular flexibility index (Phi) is 9.79. The molecular weight excluding hydrogens is 606 g/mol. The van der Waals surface area contributed by atoms with E-state index in [9.17, 15) is 24.3 Å². The molecule has 2 saturated carbocycles. The smallest absolute Gasteiger partial charge is 0.265 e. The molecule has 254 valence electrons. The van der Waals surface area contributed by atoms with Crippen molar-refractivity contribution >= 4 is 35.0 Å². The Labute approximate surface area is 276 Å². The van der Waals surface area contributed by atoms with Crippen LogP contribution in [0.1, 0.15) is 81.8 Å². The van der Waals surface area contributed by atoms with E-state index in [-0.39, 0.29) is 54.0 Å². The van der Waals surface area contributed by atoms with E-state index in [2.05, 4.69) is 24.1 Å². The molecule has 4 amide bonds. The van der Waals surface area contributed by atoms with Gasteiger partial charge in [-0.1, -0.05) is 33.1 Å². The molecule has 3 saturated heterocycles. The van der Waals surface area contributed by atoms with Crippen LogP contribution < -0.4 is 5.32 Å². The summed E-state index contributed by atoms with van der Waals surface area (Å²) in [6, 6.07) is -0.887. The van der Waals surface area contributed by atoms with E-state index >= 15 is 0 Å². The first kappa shape index (κ1) is 33.3. The Morgan fingerprint density at radius 2 is 1.70 bits per heavy atom. The molecule has 0 bridgehead atoms. The van der Waals surface area contributed by atoms with Gasteiger partial charge in [0.1, 0.15) is 10.9 Å². The highest BCUT2D eigenvalue weighted by molar-refractivity contribution is 7.11. The predicted octanol–water partition coefficient (Wildman–Crippen LogP) is 2.79. The Morgan fingerprint density at radius 1 is 1.00 bits per heavy atom. The van der Waals surface area contributed by atoms with Crippen LogP contribution in [-0.4, -0.2) is 113 Å². The van der Waals surface area contributed by atoms with Gasteiger partial charge in [0.15, 0.2) is 0 Å². The molecule has 2 aliphatic carbocycles. The van der Waals surface area contributed by atoms with E-state index in [1.165, 1.54) is 30.6 Å². The Bertz CT molecular complexity index is 1280. The third kappa shape index (κ3) is 6.85. The number of nitrogens with zero attached hydrogens (tertiary/aromatic N) is 4. The zero-order chi connectivity index (χ0) is 32.6. The summed E-state index contributed by atoms with van der Waals surface area (Å²) >= 11 is 1.27. The maximum absolute atomic E-state index is 14.3. The van der Waals surface area contributed by atoms with Crippen molar-refractivity contribution in [3.05, 3.63) is 16.6 Å². The first-order valence-electron chi connectivity index (χ1n) is 17.3. The first-order chi connectivity index (χ1) is 22.0. The van der Waals surface area contributed by atoms with Crippen molar-refractivity contribution in [1.82, 2.24) is 25.0 Å². The molecule has 2 N–H and O–H groups in total. The fourth-order valence-corrected chi connectivity index (χ4v) is 8.83. The highest BCUT2D eigenvalue weighted by Gasteiger charge is 2.62. The third-order valence-electron chi connectivity index (χ3n) is 11.5. The molecule has 3 aliphatic heterocycles. The van der Waals surface area contributed by atoms with Crippen molar-refractivity contribution in [2.45, 2.75) is 84.3 Å². The minimum absolute atomic E-state index is 0.00455. The average Bonchev–Trinajstić information content (AvgIpc) is 3.41. The minimum Gasteiger partial charge on any atom is -0.396 e. The molecule has 0 radical (unpaired) electrons. The number of amides is 4. The zero-order valence-corrected chi connectivity index (χ0v) is 28.4. The number of piperidine rings is 1. The maximum Gasteiger partial charge on any atom is 0.265 e. The van der Waals surface area contributed by atoms with Gasteiger partial charge < -0.3 is 29.9 Å². The lowest BCUT2D eigenvalue weighted by molar-refractivity contribution is -0.153. The van der Waals surface area contributed by atoms with E-state index < -0.39 is 23.5 Å². The van der Waals surface area contributed by atoms with Crippen molar-refractivity contribution in [1.29, 1.82) is 0 Å². The summed E-state index contributed by atoms with van der Waals surface area (Å²) in [5, 5.41) is 12.9. The lowest BCUT2D eigenvalue weighted by atomic mass is 9.70. The molecule has 1 spiro atoms. The molecule has 1 unspecified atom stereocenters. The number of thiazole rings is 1. The summed E-state index contributed by atoms with van der Waals surface area (Å²) in [4.78, 5) is 65.0. The van der Waals surface area contributed by atoms with Crippen molar-refractivity contribution in [2.75, 3.05) is 52.5 Å². The number of aromatic nitrogens is 1. The Hall–Kier alpha value is -2.57. The molecule has 0 aromatic carbocycles. The van der Waals surface area contributed by atoms with Crippen LogP contribution in [-0.2, 0) is 19.1 Å². The second-order valence-corrected chi connectivity index (χ2v) is 16.3.